The number of ether oxygens (including phenoxy) is 1. The van der Waals surface area contributed by atoms with Crippen molar-refractivity contribution in [3.63, 3.8) is 0 Å². The largest absolute Gasteiger partial charge is 0.480 e. The second-order valence-corrected chi connectivity index (χ2v) is 4.97. The highest BCUT2D eigenvalue weighted by atomic mass is 16.5. The minimum atomic E-state index is -1.65. The van der Waals surface area contributed by atoms with Gasteiger partial charge in [0, 0.05) is 6.42 Å². The molecule has 19 heavy (non-hydrogen) atoms. The molecule has 5 heteroatoms. The molecule has 0 aromatic carbocycles. The molecular weight excluding hydrogens is 248 g/mol. The monoisotopic (exact) mass is 274 g/mol. The van der Waals surface area contributed by atoms with E-state index in [2.05, 4.69) is 0 Å². The quantitative estimate of drug-likeness (QED) is 0.498. The minimum Gasteiger partial charge on any atom is -0.480 e. The molecule has 0 fully saturated rings. The molecule has 0 radical (unpaired) electrons. The van der Waals surface area contributed by atoms with Gasteiger partial charge in [0.1, 0.15) is 0 Å². The SMILES string of the molecule is CCCC(CC(O)(CC)CC)(C(=O)O)C(=O)OCC. The van der Waals surface area contributed by atoms with E-state index in [1.807, 2.05) is 6.92 Å². The Bertz CT molecular complexity index is 309. The summed E-state index contributed by atoms with van der Waals surface area (Å²) in [5, 5.41) is 19.9. The van der Waals surface area contributed by atoms with E-state index in [0.717, 1.165) is 0 Å². The van der Waals surface area contributed by atoms with Gasteiger partial charge in [0.05, 0.1) is 12.2 Å². The van der Waals surface area contributed by atoms with Crippen LogP contribution in [0.2, 0.25) is 0 Å². The van der Waals surface area contributed by atoms with Crippen molar-refractivity contribution >= 4 is 11.9 Å². The first-order valence-electron chi connectivity index (χ1n) is 6.94. The van der Waals surface area contributed by atoms with Crippen molar-refractivity contribution in [2.24, 2.45) is 5.41 Å². The molecule has 2 N–H and O–H groups in total. The Kier molecular flexibility index (Phi) is 7.05. The molecule has 0 saturated carbocycles. The minimum absolute atomic E-state index is 0.102. The second kappa shape index (κ2) is 7.48. The molecule has 0 aromatic heterocycles. The first-order chi connectivity index (χ1) is 8.81. The van der Waals surface area contributed by atoms with Gasteiger partial charge in [0.2, 0.25) is 0 Å². The van der Waals surface area contributed by atoms with Crippen molar-refractivity contribution in [3.05, 3.63) is 0 Å². The van der Waals surface area contributed by atoms with Crippen LogP contribution in [0.25, 0.3) is 0 Å². The second-order valence-electron chi connectivity index (χ2n) is 4.97. The highest BCUT2D eigenvalue weighted by Gasteiger charge is 2.51. The molecule has 1 unspecified atom stereocenters. The Morgan fingerprint density at radius 3 is 1.95 bits per heavy atom. The van der Waals surface area contributed by atoms with E-state index < -0.39 is 23.0 Å². The fraction of sp³-hybridized carbons (Fsp3) is 0.857. The zero-order valence-corrected chi connectivity index (χ0v) is 12.4. The number of esters is 1. The van der Waals surface area contributed by atoms with Crippen molar-refractivity contribution in [1.29, 1.82) is 0 Å². The van der Waals surface area contributed by atoms with E-state index in [0.29, 0.717) is 19.3 Å². The van der Waals surface area contributed by atoms with Gasteiger partial charge < -0.3 is 14.9 Å². The number of carbonyl (C=O) groups excluding carboxylic acids is 1. The average molecular weight is 274 g/mol. The molecule has 0 heterocycles. The summed E-state index contributed by atoms with van der Waals surface area (Å²) in [6.45, 7) is 7.16. The third-order valence-electron chi connectivity index (χ3n) is 3.70. The molecule has 0 aliphatic rings. The fourth-order valence-electron chi connectivity index (χ4n) is 2.29. The Balaban J connectivity index is 5.46. The number of aliphatic carboxylic acids is 1. The van der Waals surface area contributed by atoms with Crippen molar-refractivity contribution in [1.82, 2.24) is 0 Å². The zero-order valence-electron chi connectivity index (χ0n) is 12.4. The molecular formula is C14H26O5. The van der Waals surface area contributed by atoms with Gasteiger partial charge in [-0.25, -0.2) is 0 Å². The molecule has 0 aliphatic carbocycles. The van der Waals surface area contributed by atoms with E-state index in [-0.39, 0.29) is 19.4 Å². The predicted octanol–water partition coefficient (Wildman–Crippen LogP) is 2.36. The molecule has 0 aromatic rings. The van der Waals surface area contributed by atoms with Crippen LogP contribution in [0.3, 0.4) is 0 Å². The summed E-state index contributed by atoms with van der Waals surface area (Å²) in [7, 11) is 0. The summed E-state index contributed by atoms with van der Waals surface area (Å²) in [6.07, 6.45) is 1.41. The van der Waals surface area contributed by atoms with Crippen LogP contribution in [0.15, 0.2) is 0 Å². The van der Waals surface area contributed by atoms with Crippen molar-refractivity contribution in [3.8, 4) is 0 Å². The van der Waals surface area contributed by atoms with Crippen molar-refractivity contribution in [2.75, 3.05) is 6.61 Å². The number of rotatable bonds is 9. The maximum atomic E-state index is 12.1. The first-order valence-corrected chi connectivity index (χ1v) is 6.94. The lowest BCUT2D eigenvalue weighted by Crippen LogP contribution is -2.47. The fourth-order valence-corrected chi connectivity index (χ4v) is 2.29. The van der Waals surface area contributed by atoms with Crippen LogP contribution in [0, 0.1) is 5.41 Å². The standard InChI is InChI=1S/C14H26O5/c1-5-9-14(11(15)16,12(17)19-8-4)10-13(18,6-2)7-3/h18H,5-10H2,1-4H3,(H,15,16). The van der Waals surface area contributed by atoms with E-state index in [9.17, 15) is 19.8 Å². The molecule has 0 rings (SSSR count). The summed E-state index contributed by atoms with van der Waals surface area (Å²) in [5.74, 6) is -1.96. The molecule has 0 saturated heterocycles. The number of carboxylic acids is 1. The van der Waals surface area contributed by atoms with Crippen molar-refractivity contribution < 1.29 is 24.5 Å². The molecule has 0 aliphatic heterocycles. The smallest absolute Gasteiger partial charge is 0.323 e. The summed E-state index contributed by atoms with van der Waals surface area (Å²) in [5.41, 5.74) is -2.80. The highest BCUT2D eigenvalue weighted by molar-refractivity contribution is 5.99. The van der Waals surface area contributed by atoms with E-state index in [1.54, 1.807) is 20.8 Å². The summed E-state index contributed by atoms with van der Waals surface area (Å²) >= 11 is 0. The van der Waals surface area contributed by atoms with Gasteiger partial charge >= 0.3 is 11.9 Å². The van der Waals surface area contributed by atoms with Crippen LogP contribution in [0.4, 0.5) is 0 Å². The molecule has 0 amide bonds. The summed E-state index contributed by atoms with van der Waals surface area (Å²) < 4.78 is 4.93. The highest BCUT2D eigenvalue weighted by Crippen LogP contribution is 2.38. The number of hydrogen-bond acceptors (Lipinski definition) is 4. The van der Waals surface area contributed by atoms with Gasteiger partial charge in [-0.2, -0.15) is 0 Å². The average Bonchev–Trinajstić information content (AvgIpc) is 2.37. The summed E-state index contributed by atoms with van der Waals surface area (Å²) in [6, 6.07) is 0. The predicted molar refractivity (Wildman–Crippen MR) is 71.8 cm³/mol. The lowest BCUT2D eigenvalue weighted by molar-refractivity contribution is -0.175. The summed E-state index contributed by atoms with van der Waals surface area (Å²) in [4.78, 5) is 23.7. The van der Waals surface area contributed by atoms with Crippen molar-refractivity contribution in [2.45, 2.75) is 65.4 Å². The molecule has 0 bridgehead atoms. The maximum absolute atomic E-state index is 12.1. The number of carboxylic acid groups (broad SMARTS) is 1. The van der Waals surface area contributed by atoms with Gasteiger partial charge in [-0.15, -0.1) is 0 Å². The number of aliphatic hydroxyl groups is 1. The first kappa shape index (κ1) is 17.9. The maximum Gasteiger partial charge on any atom is 0.323 e. The zero-order chi connectivity index (χ0) is 15.1. The lowest BCUT2D eigenvalue weighted by atomic mass is 9.72. The number of carbonyl (C=O) groups is 2. The number of hydrogen-bond donors (Lipinski definition) is 2. The van der Waals surface area contributed by atoms with Crippen LogP contribution < -0.4 is 0 Å². The normalized spacial score (nSPS) is 14.8. The van der Waals surface area contributed by atoms with Crippen LogP contribution in [-0.4, -0.2) is 34.4 Å². The van der Waals surface area contributed by atoms with E-state index >= 15 is 0 Å². The Labute approximate surface area is 115 Å². The molecule has 5 nitrogen and oxygen atoms in total. The van der Waals surface area contributed by atoms with Gasteiger partial charge in [0.15, 0.2) is 5.41 Å². The molecule has 112 valence electrons. The lowest BCUT2D eigenvalue weighted by Gasteiger charge is -2.35. The Hall–Kier alpha value is -1.10. The van der Waals surface area contributed by atoms with Crippen LogP contribution in [-0.2, 0) is 14.3 Å². The van der Waals surface area contributed by atoms with Gasteiger partial charge in [-0.05, 0) is 26.2 Å². The topological polar surface area (TPSA) is 83.8 Å². The Morgan fingerprint density at radius 2 is 1.63 bits per heavy atom. The third-order valence-corrected chi connectivity index (χ3v) is 3.70. The van der Waals surface area contributed by atoms with Crippen LogP contribution >= 0.6 is 0 Å². The van der Waals surface area contributed by atoms with E-state index in [1.165, 1.54) is 0 Å². The third kappa shape index (κ3) is 4.20. The molecule has 1 atom stereocenters. The van der Waals surface area contributed by atoms with Gasteiger partial charge in [-0.3, -0.25) is 9.59 Å². The Morgan fingerprint density at radius 1 is 1.11 bits per heavy atom. The molecule has 0 spiro atoms. The van der Waals surface area contributed by atoms with Gasteiger partial charge in [0.25, 0.3) is 0 Å². The van der Waals surface area contributed by atoms with Crippen LogP contribution in [0.1, 0.15) is 59.8 Å². The van der Waals surface area contributed by atoms with Gasteiger partial charge in [-0.1, -0.05) is 27.2 Å². The van der Waals surface area contributed by atoms with Crippen LogP contribution in [0.5, 0.6) is 0 Å². The van der Waals surface area contributed by atoms with E-state index in [4.69, 9.17) is 4.74 Å².